The third-order valence-electron chi connectivity index (χ3n) is 4.55. The highest BCUT2D eigenvalue weighted by molar-refractivity contribution is 9.10. The van der Waals surface area contributed by atoms with Crippen molar-refractivity contribution in [2.45, 2.75) is 32.3 Å². The van der Waals surface area contributed by atoms with Crippen molar-refractivity contribution in [3.05, 3.63) is 28.0 Å². The molecule has 23 heavy (non-hydrogen) atoms. The second-order valence-electron chi connectivity index (χ2n) is 6.32. The lowest BCUT2D eigenvalue weighted by Crippen LogP contribution is -2.39. The zero-order valence-electron chi connectivity index (χ0n) is 13.0. The minimum atomic E-state index is -0.356. The number of aromatic nitrogens is 1. The first-order valence-corrected chi connectivity index (χ1v) is 8.62. The molecule has 0 aliphatic carbocycles. The van der Waals surface area contributed by atoms with E-state index in [2.05, 4.69) is 31.5 Å². The molecular formula is C16H20BrN3O3. The summed E-state index contributed by atoms with van der Waals surface area (Å²) in [6.45, 7) is 3.92. The summed E-state index contributed by atoms with van der Waals surface area (Å²) < 4.78 is 6.11. The Bertz CT molecular complexity index is 609. The fraction of sp³-hybridized carbons (Fsp3) is 0.562. The van der Waals surface area contributed by atoms with Crippen molar-refractivity contribution in [3.8, 4) is 0 Å². The quantitative estimate of drug-likeness (QED) is 0.613. The number of hydrogen-bond acceptors (Lipinski definition) is 5. The van der Waals surface area contributed by atoms with E-state index in [1.807, 2.05) is 13.0 Å². The molecule has 2 N–H and O–H groups in total. The number of ether oxygens (including phenoxy) is 1. The number of nitrogens with one attached hydrogen (secondary N) is 2. The van der Waals surface area contributed by atoms with Gasteiger partial charge < -0.3 is 15.4 Å². The Morgan fingerprint density at radius 1 is 1.48 bits per heavy atom. The van der Waals surface area contributed by atoms with E-state index in [0.29, 0.717) is 23.3 Å². The SMILES string of the molecule is Cc1cc(Br)nc(C(=O)NCC2CC3(CCNCC3)C(=O)O2)c1. The van der Waals surface area contributed by atoms with Crippen LogP contribution in [0, 0.1) is 12.3 Å². The number of aryl methyl sites for hydroxylation is 1. The minimum absolute atomic E-state index is 0.116. The second-order valence-corrected chi connectivity index (χ2v) is 7.14. The molecule has 1 atom stereocenters. The lowest BCUT2D eigenvalue weighted by Gasteiger charge is -2.29. The van der Waals surface area contributed by atoms with Crippen LogP contribution >= 0.6 is 15.9 Å². The lowest BCUT2D eigenvalue weighted by molar-refractivity contribution is -0.149. The van der Waals surface area contributed by atoms with Crippen LogP contribution in [0.3, 0.4) is 0 Å². The van der Waals surface area contributed by atoms with Crippen LogP contribution in [0.15, 0.2) is 16.7 Å². The maximum atomic E-state index is 12.2. The summed E-state index contributed by atoms with van der Waals surface area (Å²) in [6.07, 6.45) is 2.04. The smallest absolute Gasteiger partial charge is 0.312 e. The number of carbonyl (C=O) groups is 2. The highest BCUT2D eigenvalue weighted by Crippen LogP contribution is 2.41. The van der Waals surface area contributed by atoms with E-state index < -0.39 is 0 Å². The number of cyclic esters (lactones) is 1. The van der Waals surface area contributed by atoms with Crippen LogP contribution < -0.4 is 10.6 Å². The molecule has 1 unspecified atom stereocenters. The predicted octanol–water partition coefficient (Wildman–Crippen LogP) is 1.57. The molecule has 2 aliphatic rings. The molecule has 1 aromatic rings. The molecule has 0 bridgehead atoms. The fourth-order valence-corrected chi connectivity index (χ4v) is 3.85. The van der Waals surface area contributed by atoms with Crippen LogP contribution in [0.2, 0.25) is 0 Å². The van der Waals surface area contributed by atoms with Gasteiger partial charge in [0.2, 0.25) is 0 Å². The van der Waals surface area contributed by atoms with Crippen molar-refractivity contribution in [3.63, 3.8) is 0 Å². The van der Waals surface area contributed by atoms with Crippen molar-refractivity contribution in [2.75, 3.05) is 19.6 Å². The molecule has 0 saturated carbocycles. The third-order valence-corrected chi connectivity index (χ3v) is 4.95. The zero-order valence-corrected chi connectivity index (χ0v) is 14.6. The molecule has 1 amide bonds. The molecule has 2 aliphatic heterocycles. The standard InChI is InChI=1S/C16H20BrN3O3/c1-10-6-12(20-13(17)7-10)14(21)19-9-11-8-16(15(22)23-11)2-4-18-5-3-16/h6-7,11,18H,2-5,8-9H2,1H3,(H,19,21). The average Bonchev–Trinajstić information content (AvgIpc) is 2.80. The number of piperidine rings is 1. The van der Waals surface area contributed by atoms with Crippen molar-refractivity contribution < 1.29 is 14.3 Å². The molecule has 7 heteroatoms. The lowest BCUT2D eigenvalue weighted by atomic mass is 9.76. The van der Waals surface area contributed by atoms with Gasteiger partial charge in [-0.2, -0.15) is 0 Å². The van der Waals surface area contributed by atoms with Crippen molar-refractivity contribution in [1.29, 1.82) is 0 Å². The highest BCUT2D eigenvalue weighted by atomic mass is 79.9. The number of rotatable bonds is 3. The van der Waals surface area contributed by atoms with E-state index in [-0.39, 0.29) is 23.4 Å². The van der Waals surface area contributed by atoms with Crippen LogP contribution in [-0.4, -0.2) is 42.6 Å². The third kappa shape index (κ3) is 3.55. The van der Waals surface area contributed by atoms with Crippen LogP contribution in [0.25, 0.3) is 0 Å². The Hall–Kier alpha value is -1.47. The van der Waals surface area contributed by atoms with Crippen LogP contribution in [0.5, 0.6) is 0 Å². The summed E-state index contributed by atoms with van der Waals surface area (Å²) >= 11 is 3.29. The first kappa shape index (κ1) is 16.4. The Labute approximate surface area is 143 Å². The van der Waals surface area contributed by atoms with Gasteiger partial charge in [-0.15, -0.1) is 0 Å². The summed E-state index contributed by atoms with van der Waals surface area (Å²) in [5.41, 5.74) is 0.960. The van der Waals surface area contributed by atoms with Crippen LogP contribution in [0.1, 0.15) is 35.3 Å². The predicted molar refractivity (Wildman–Crippen MR) is 88.0 cm³/mol. The molecule has 1 spiro atoms. The Morgan fingerprint density at radius 2 is 2.22 bits per heavy atom. The summed E-state index contributed by atoms with van der Waals surface area (Å²) in [7, 11) is 0. The first-order valence-electron chi connectivity index (χ1n) is 7.83. The molecule has 2 fully saturated rings. The van der Waals surface area contributed by atoms with E-state index in [0.717, 1.165) is 31.5 Å². The van der Waals surface area contributed by atoms with Gasteiger partial charge in [0.25, 0.3) is 5.91 Å². The van der Waals surface area contributed by atoms with Gasteiger partial charge in [-0.05, 0) is 66.5 Å². The Morgan fingerprint density at radius 3 is 2.91 bits per heavy atom. The molecule has 2 saturated heterocycles. The largest absolute Gasteiger partial charge is 0.460 e. The summed E-state index contributed by atoms with van der Waals surface area (Å²) in [5.74, 6) is -0.369. The van der Waals surface area contributed by atoms with E-state index in [1.54, 1.807) is 6.07 Å². The van der Waals surface area contributed by atoms with Gasteiger partial charge >= 0.3 is 5.97 Å². The summed E-state index contributed by atoms with van der Waals surface area (Å²) in [6, 6.07) is 3.57. The number of carbonyl (C=O) groups excluding carboxylic acids is 2. The number of pyridine rings is 1. The van der Waals surface area contributed by atoms with Crippen molar-refractivity contribution >= 4 is 27.8 Å². The zero-order chi connectivity index (χ0) is 16.4. The molecule has 0 aromatic carbocycles. The molecule has 1 aromatic heterocycles. The van der Waals surface area contributed by atoms with Crippen molar-refractivity contribution in [2.24, 2.45) is 5.41 Å². The van der Waals surface area contributed by atoms with Crippen molar-refractivity contribution in [1.82, 2.24) is 15.6 Å². The Kier molecular flexibility index (Phi) is 4.68. The molecule has 3 heterocycles. The molecule has 0 radical (unpaired) electrons. The second kappa shape index (κ2) is 6.57. The number of nitrogens with zero attached hydrogens (tertiary/aromatic N) is 1. The van der Waals surface area contributed by atoms with Gasteiger partial charge in [-0.3, -0.25) is 9.59 Å². The number of hydrogen-bond donors (Lipinski definition) is 2. The first-order chi connectivity index (χ1) is 11.0. The van der Waals surface area contributed by atoms with Gasteiger partial charge in [0.1, 0.15) is 16.4 Å². The van der Waals surface area contributed by atoms with Gasteiger partial charge in [-0.25, -0.2) is 4.98 Å². The molecule has 6 nitrogen and oxygen atoms in total. The minimum Gasteiger partial charge on any atom is -0.460 e. The molecule has 3 rings (SSSR count). The molecular weight excluding hydrogens is 362 g/mol. The van der Waals surface area contributed by atoms with E-state index in [1.165, 1.54) is 0 Å². The number of esters is 1. The van der Waals surface area contributed by atoms with E-state index in [9.17, 15) is 9.59 Å². The van der Waals surface area contributed by atoms with Crippen LogP contribution in [0.4, 0.5) is 0 Å². The molecule has 124 valence electrons. The number of amides is 1. The topological polar surface area (TPSA) is 80.3 Å². The maximum Gasteiger partial charge on any atom is 0.312 e. The van der Waals surface area contributed by atoms with Gasteiger partial charge in [0.05, 0.1) is 12.0 Å². The van der Waals surface area contributed by atoms with E-state index in [4.69, 9.17) is 4.74 Å². The monoisotopic (exact) mass is 381 g/mol. The summed E-state index contributed by atoms with van der Waals surface area (Å²) in [4.78, 5) is 28.6. The van der Waals surface area contributed by atoms with Gasteiger partial charge in [0.15, 0.2) is 0 Å². The van der Waals surface area contributed by atoms with Gasteiger partial charge in [0, 0.05) is 6.42 Å². The van der Waals surface area contributed by atoms with Gasteiger partial charge in [-0.1, -0.05) is 0 Å². The van der Waals surface area contributed by atoms with E-state index >= 15 is 0 Å². The highest BCUT2D eigenvalue weighted by Gasteiger charge is 2.49. The normalized spacial score (nSPS) is 22.9. The number of halogens is 1. The fourth-order valence-electron chi connectivity index (χ4n) is 3.30. The maximum absolute atomic E-state index is 12.2. The Balaban J connectivity index is 1.58. The van der Waals surface area contributed by atoms with Crippen LogP contribution in [-0.2, 0) is 9.53 Å². The summed E-state index contributed by atoms with van der Waals surface area (Å²) in [5, 5.41) is 6.09. The average molecular weight is 382 g/mol.